The van der Waals surface area contributed by atoms with Crippen molar-refractivity contribution in [2.75, 3.05) is 0 Å². The Kier molecular flexibility index (Phi) is 6.27. The molecule has 0 aliphatic heterocycles. The lowest BCUT2D eigenvalue weighted by Crippen LogP contribution is -2.47. The predicted octanol–water partition coefficient (Wildman–Crippen LogP) is 7.06. The molecule has 0 spiro atoms. The SMILES string of the molecule is C=C(C)C(C)(CCC(C)C)C1CCC2(C)C(C(C)=O)CCC2C1CC. The van der Waals surface area contributed by atoms with E-state index in [2.05, 4.69) is 48.1 Å². The highest BCUT2D eigenvalue weighted by atomic mass is 16.1. The predicted molar refractivity (Wildman–Crippen MR) is 109 cm³/mol. The van der Waals surface area contributed by atoms with Gasteiger partial charge in [-0.25, -0.2) is 0 Å². The zero-order chi connectivity index (χ0) is 19.0. The van der Waals surface area contributed by atoms with E-state index in [4.69, 9.17) is 0 Å². The molecule has 0 aromatic rings. The summed E-state index contributed by atoms with van der Waals surface area (Å²) in [6.45, 7) is 20.5. The van der Waals surface area contributed by atoms with Crippen LogP contribution in [0.4, 0.5) is 0 Å². The van der Waals surface area contributed by atoms with Gasteiger partial charge in [0, 0.05) is 5.92 Å². The van der Waals surface area contributed by atoms with E-state index in [0.29, 0.717) is 11.7 Å². The fourth-order valence-electron chi connectivity index (χ4n) is 6.62. The van der Waals surface area contributed by atoms with E-state index in [0.717, 1.165) is 30.1 Å². The average molecular weight is 347 g/mol. The topological polar surface area (TPSA) is 17.1 Å². The van der Waals surface area contributed by atoms with Crippen LogP contribution in [-0.4, -0.2) is 5.78 Å². The highest BCUT2D eigenvalue weighted by molar-refractivity contribution is 5.79. The minimum absolute atomic E-state index is 0.247. The van der Waals surface area contributed by atoms with Crippen molar-refractivity contribution in [3.8, 4) is 0 Å². The zero-order valence-corrected chi connectivity index (χ0v) is 18.0. The Bertz CT molecular complexity index is 504. The average Bonchev–Trinajstić information content (AvgIpc) is 2.88. The second kappa shape index (κ2) is 7.57. The van der Waals surface area contributed by atoms with Crippen molar-refractivity contribution in [2.45, 2.75) is 93.4 Å². The van der Waals surface area contributed by atoms with Crippen LogP contribution >= 0.6 is 0 Å². The van der Waals surface area contributed by atoms with Gasteiger partial charge in [0.1, 0.15) is 5.78 Å². The molecule has 6 atom stereocenters. The number of hydrogen-bond acceptors (Lipinski definition) is 1. The number of carbonyl (C=O) groups is 1. The van der Waals surface area contributed by atoms with Crippen molar-refractivity contribution in [2.24, 2.45) is 40.4 Å². The van der Waals surface area contributed by atoms with Gasteiger partial charge in [0.05, 0.1) is 0 Å². The molecule has 2 fully saturated rings. The summed E-state index contributed by atoms with van der Waals surface area (Å²) in [5, 5.41) is 0. The molecule has 0 N–H and O–H groups in total. The molecule has 0 aromatic carbocycles. The molecule has 25 heavy (non-hydrogen) atoms. The molecule has 2 saturated carbocycles. The van der Waals surface area contributed by atoms with Crippen molar-refractivity contribution in [1.29, 1.82) is 0 Å². The molecule has 0 amide bonds. The molecular formula is C24H42O. The van der Waals surface area contributed by atoms with Gasteiger partial charge in [0.2, 0.25) is 0 Å². The van der Waals surface area contributed by atoms with E-state index in [1.807, 2.05) is 6.92 Å². The summed E-state index contributed by atoms with van der Waals surface area (Å²) in [6, 6.07) is 0. The molecule has 1 nitrogen and oxygen atoms in total. The van der Waals surface area contributed by atoms with Crippen LogP contribution in [0.2, 0.25) is 0 Å². The first-order chi connectivity index (χ1) is 11.6. The van der Waals surface area contributed by atoms with Gasteiger partial charge in [-0.2, -0.15) is 0 Å². The number of Topliss-reactive ketones (excluding diaryl/α,β-unsaturated/α-hetero) is 1. The molecule has 2 aliphatic carbocycles. The van der Waals surface area contributed by atoms with Gasteiger partial charge in [-0.1, -0.05) is 59.6 Å². The molecule has 0 heterocycles. The van der Waals surface area contributed by atoms with Crippen molar-refractivity contribution >= 4 is 5.78 Å². The van der Waals surface area contributed by atoms with E-state index in [1.165, 1.54) is 44.1 Å². The lowest BCUT2D eigenvalue weighted by molar-refractivity contribution is -0.127. The van der Waals surface area contributed by atoms with E-state index < -0.39 is 0 Å². The van der Waals surface area contributed by atoms with E-state index in [1.54, 1.807) is 0 Å². The van der Waals surface area contributed by atoms with Crippen molar-refractivity contribution < 1.29 is 4.79 Å². The first kappa shape index (κ1) is 20.7. The molecule has 144 valence electrons. The highest BCUT2D eigenvalue weighted by Gasteiger charge is 2.57. The van der Waals surface area contributed by atoms with Crippen LogP contribution < -0.4 is 0 Å². The Morgan fingerprint density at radius 3 is 2.36 bits per heavy atom. The Hall–Kier alpha value is -0.590. The molecule has 2 rings (SSSR count). The van der Waals surface area contributed by atoms with Gasteiger partial charge >= 0.3 is 0 Å². The Morgan fingerprint density at radius 1 is 1.24 bits per heavy atom. The lowest BCUT2D eigenvalue weighted by atomic mass is 9.50. The number of hydrogen-bond donors (Lipinski definition) is 0. The normalized spacial score (nSPS) is 37.6. The van der Waals surface area contributed by atoms with Crippen LogP contribution in [0.1, 0.15) is 93.4 Å². The summed E-state index contributed by atoms with van der Waals surface area (Å²) in [6.07, 6.45) is 8.68. The Morgan fingerprint density at radius 2 is 1.88 bits per heavy atom. The number of allylic oxidation sites excluding steroid dienone is 1. The molecule has 1 heteroatoms. The smallest absolute Gasteiger partial charge is 0.133 e. The fraction of sp³-hybridized carbons (Fsp3) is 0.875. The molecular weight excluding hydrogens is 304 g/mol. The number of carbonyl (C=O) groups excluding carboxylic acids is 1. The molecule has 0 aromatic heterocycles. The van der Waals surface area contributed by atoms with Crippen LogP contribution in [0.5, 0.6) is 0 Å². The first-order valence-electron chi connectivity index (χ1n) is 10.7. The maximum atomic E-state index is 12.3. The lowest BCUT2D eigenvalue weighted by Gasteiger charge is -2.54. The second-order valence-electron chi connectivity index (χ2n) is 10.2. The summed E-state index contributed by atoms with van der Waals surface area (Å²) >= 11 is 0. The standard InChI is InChI=1S/C24H42O/c1-9-19-21-11-10-20(18(6)25)24(21,8)15-13-22(19)23(7,17(4)5)14-12-16(2)3/h16,19-22H,4,9-15H2,1-3,5-8H3. The van der Waals surface area contributed by atoms with E-state index >= 15 is 0 Å². The zero-order valence-electron chi connectivity index (χ0n) is 18.0. The third-order valence-electron chi connectivity index (χ3n) is 8.43. The third-order valence-corrected chi connectivity index (χ3v) is 8.43. The number of rotatable bonds is 7. The van der Waals surface area contributed by atoms with Crippen LogP contribution in [-0.2, 0) is 4.79 Å². The molecule has 0 radical (unpaired) electrons. The van der Waals surface area contributed by atoms with E-state index in [9.17, 15) is 4.79 Å². The molecule has 2 aliphatic rings. The molecule has 6 unspecified atom stereocenters. The largest absolute Gasteiger partial charge is 0.300 e. The molecule has 0 saturated heterocycles. The third kappa shape index (κ3) is 3.62. The summed E-state index contributed by atoms with van der Waals surface area (Å²) in [5.74, 6) is 3.69. The molecule has 0 bridgehead atoms. The first-order valence-corrected chi connectivity index (χ1v) is 10.7. The van der Waals surface area contributed by atoms with Gasteiger partial charge in [0.25, 0.3) is 0 Å². The summed E-state index contributed by atoms with van der Waals surface area (Å²) in [7, 11) is 0. The minimum atomic E-state index is 0.247. The maximum absolute atomic E-state index is 12.3. The Balaban J connectivity index is 2.31. The van der Waals surface area contributed by atoms with Crippen LogP contribution in [0.25, 0.3) is 0 Å². The maximum Gasteiger partial charge on any atom is 0.133 e. The summed E-state index contributed by atoms with van der Waals surface area (Å²) in [4.78, 5) is 12.3. The second-order valence-corrected chi connectivity index (χ2v) is 10.2. The van der Waals surface area contributed by atoms with Gasteiger partial charge in [-0.15, -0.1) is 0 Å². The van der Waals surface area contributed by atoms with Crippen molar-refractivity contribution in [1.82, 2.24) is 0 Å². The van der Waals surface area contributed by atoms with Gasteiger partial charge in [-0.05, 0) is 80.5 Å². The monoisotopic (exact) mass is 346 g/mol. The van der Waals surface area contributed by atoms with Gasteiger partial charge in [0.15, 0.2) is 0 Å². The van der Waals surface area contributed by atoms with Crippen molar-refractivity contribution in [3.63, 3.8) is 0 Å². The van der Waals surface area contributed by atoms with E-state index in [-0.39, 0.29) is 10.8 Å². The van der Waals surface area contributed by atoms with Gasteiger partial charge in [-0.3, -0.25) is 4.79 Å². The van der Waals surface area contributed by atoms with Gasteiger partial charge < -0.3 is 0 Å². The fourth-order valence-corrected chi connectivity index (χ4v) is 6.62. The number of ketones is 1. The quantitative estimate of drug-likeness (QED) is 0.451. The van der Waals surface area contributed by atoms with Crippen LogP contribution in [0.3, 0.4) is 0 Å². The minimum Gasteiger partial charge on any atom is -0.300 e. The van der Waals surface area contributed by atoms with Crippen molar-refractivity contribution in [3.05, 3.63) is 12.2 Å². The Labute approximate surface area is 157 Å². The summed E-state index contributed by atoms with van der Waals surface area (Å²) < 4.78 is 0. The highest BCUT2D eigenvalue weighted by Crippen LogP contribution is 2.63. The van der Waals surface area contributed by atoms with Crippen LogP contribution in [0.15, 0.2) is 12.2 Å². The number of fused-ring (bicyclic) bond motifs is 1. The summed E-state index contributed by atoms with van der Waals surface area (Å²) in [5.41, 5.74) is 1.87. The van der Waals surface area contributed by atoms with Crippen LogP contribution in [0, 0.1) is 40.4 Å².